The maximum absolute atomic E-state index is 11.8. The lowest BCUT2D eigenvalue weighted by Crippen LogP contribution is -2.46. The van der Waals surface area contributed by atoms with Gasteiger partial charge in [0.2, 0.25) is 11.7 Å². The van der Waals surface area contributed by atoms with Gasteiger partial charge in [0.15, 0.2) is 0 Å². The van der Waals surface area contributed by atoms with Crippen LogP contribution in [-0.4, -0.2) is 54.5 Å². The Morgan fingerprint density at radius 3 is 2.65 bits per heavy atom. The van der Waals surface area contributed by atoms with Crippen LogP contribution in [0.5, 0.6) is 0 Å². The molecule has 0 fully saturated rings. The minimum absolute atomic E-state index is 0.0390. The van der Waals surface area contributed by atoms with Crippen molar-refractivity contribution in [3.8, 4) is 0 Å². The van der Waals surface area contributed by atoms with Crippen molar-refractivity contribution in [1.82, 2.24) is 5.32 Å². The molecule has 112 valence electrons. The molecule has 0 spiro atoms. The molecule has 0 saturated carbocycles. The molecule has 8 nitrogen and oxygen atoms in total. The number of esters is 1. The summed E-state index contributed by atoms with van der Waals surface area (Å²) in [5, 5.41) is 2.21. The Balaban J connectivity index is 5.00. The summed E-state index contributed by atoms with van der Waals surface area (Å²) >= 11 is 0. The second kappa shape index (κ2) is 9.82. The van der Waals surface area contributed by atoms with Crippen molar-refractivity contribution in [2.24, 2.45) is 0 Å². The number of ether oxygens (including phenoxy) is 2. The van der Waals surface area contributed by atoms with Gasteiger partial charge in [-0.25, -0.2) is 4.79 Å². The molecule has 0 aliphatic rings. The van der Waals surface area contributed by atoms with E-state index in [1.165, 1.54) is 14.0 Å². The highest BCUT2D eigenvalue weighted by Gasteiger charge is 2.25. The Hall–Kier alpha value is -2.05. The Kier molecular flexibility index (Phi) is 7.86. The Bertz CT molecular complexity index is 450. The third-order valence-corrected chi connectivity index (χ3v) is 2.35. The predicted molar refractivity (Wildman–Crippen MR) is 68.3 cm³/mol. The van der Waals surface area contributed by atoms with Crippen LogP contribution in [0, 0.1) is 5.53 Å². The molecule has 1 amide bonds. The highest BCUT2D eigenvalue weighted by atomic mass is 16.5. The van der Waals surface area contributed by atoms with Crippen LogP contribution in [0.3, 0.4) is 0 Å². The van der Waals surface area contributed by atoms with Gasteiger partial charge in [-0.1, -0.05) is 0 Å². The average Bonchev–Trinajstić information content (AvgIpc) is 2.44. The first-order chi connectivity index (χ1) is 9.80. The number of rotatable bonds is 9. The van der Waals surface area contributed by atoms with Crippen LogP contribution in [0.15, 0.2) is 0 Å². The molecule has 0 heterocycles. The molecule has 8 heteroatoms. The molecule has 0 unspecified atom stereocenters. The van der Waals surface area contributed by atoms with Gasteiger partial charge in [-0.3, -0.25) is 9.59 Å². The number of ketones is 1. The number of hydrogen-bond acceptors (Lipinski definition) is 6. The first-order valence-corrected chi connectivity index (χ1v) is 6.05. The Morgan fingerprint density at radius 1 is 1.50 bits per heavy atom. The van der Waals surface area contributed by atoms with Crippen molar-refractivity contribution in [3.63, 3.8) is 0 Å². The van der Waals surface area contributed by atoms with Gasteiger partial charge in [-0.2, -0.15) is 0 Å². The van der Waals surface area contributed by atoms with E-state index < -0.39 is 29.8 Å². The minimum atomic E-state index is -2.09. The van der Waals surface area contributed by atoms with Gasteiger partial charge < -0.3 is 14.8 Å². The third-order valence-electron chi connectivity index (χ3n) is 2.35. The smallest absolute Gasteiger partial charge is 0.372 e. The van der Waals surface area contributed by atoms with Crippen molar-refractivity contribution < 1.29 is 30.0 Å². The molecule has 2 atom stereocenters. The van der Waals surface area contributed by atoms with E-state index >= 15 is 0 Å². The fraction of sp³-hybridized carbons (Fsp3) is 0.667. The van der Waals surface area contributed by atoms with Crippen LogP contribution in [0.25, 0.3) is 0 Å². The van der Waals surface area contributed by atoms with E-state index in [0.717, 1.165) is 6.21 Å². The summed E-state index contributed by atoms with van der Waals surface area (Å²) in [5.74, 6) is -2.15. The normalized spacial score (nSPS) is 15.1. The minimum Gasteiger partial charge on any atom is -0.464 e. The summed E-state index contributed by atoms with van der Waals surface area (Å²) in [6, 6.07) is -2.09. The summed E-state index contributed by atoms with van der Waals surface area (Å²) in [7, 11) is 1.31. The molecule has 0 aliphatic heterocycles. The molecule has 0 saturated heterocycles. The SMILES string of the molecule is [2H][C@](CCC(=O)C=[N+]=N)(NC(=O)[C@H](C)OC)C(=O)OCC. The quantitative estimate of drug-likeness (QED) is 0.262. The van der Waals surface area contributed by atoms with Crippen LogP contribution >= 0.6 is 0 Å². The van der Waals surface area contributed by atoms with Gasteiger partial charge in [0.1, 0.15) is 12.1 Å². The number of Topliss-reactive ketones (excluding diaryl/α,β-unsaturated/α-hetero) is 1. The Morgan fingerprint density at radius 2 is 2.15 bits per heavy atom. The van der Waals surface area contributed by atoms with E-state index in [1.54, 1.807) is 6.92 Å². The van der Waals surface area contributed by atoms with Crippen LogP contribution in [0.2, 0.25) is 0 Å². The number of nitrogens with one attached hydrogen (secondary N) is 2. The average molecular weight is 287 g/mol. The monoisotopic (exact) mass is 287 g/mol. The molecule has 0 aromatic carbocycles. The number of nitrogens with zero attached hydrogens (tertiary/aromatic N) is 1. The van der Waals surface area contributed by atoms with Crippen molar-refractivity contribution in [3.05, 3.63) is 0 Å². The van der Waals surface area contributed by atoms with Crippen LogP contribution in [0.1, 0.15) is 28.1 Å². The molecular weight excluding hydrogens is 266 g/mol. The van der Waals surface area contributed by atoms with E-state index in [4.69, 9.17) is 16.4 Å². The summed E-state index contributed by atoms with van der Waals surface area (Å²) in [5.41, 5.74) is 6.54. The standard InChI is InChI=1S/C12H19N3O5/c1-4-20-12(18)10(6-5-9(16)7-14-13)15-11(17)8(2)19-3/h7-8,10,13H,4-6H2,1-3H3/p+1/t8-,10+/m0/s1/i10D. The lowest BCUT2D eigenvalue weighted by molar-refractivity contribution is -0.149. The highest BCUT2D eigenvalue weighted by molar-refractivity contribution is 6.25. The van der Waals surface area contributed by atoms with Gasteiger partial charge in [-0.05, 0) is 20.3 Å². The van der Waals surface area contributed by atoms with Gasteiger partial charge in [0, 0.05) is 13.5 Å². The molecule has 20 heavy (non-hydrogen) atoms. The third kappa shape index (κ3) is 6.77. The fourth-order valence-corrected chi connectivity index (χ4v) is 1.18. The lowest BCUT2D eigenvalue weighted by Gasteiger charge is -2.18. The molecule has 0 rings (SSSR count). The van der Waals surface area contributed by atoms with Crippen LogP contribution < -0.4 is 5.32 Å². The molecule has 2 N–H and O–H groups in total. The van der Waals surface area contributed by atoms with Crippen LogP contribution in [-0.2, 0) is 23.9 Å². The summed E-state index contributed by atoms with van der Waals surface area (Å²) in [6.45, 7) is 3.06. The van der Waals surface area contributed by atoms with E-state index in [2.05, 4.69) is 10.1 Å². The van der Waals surface area contributed by atoms with Crippen molar-refractivity contribution in [1.29, 1.82) is 5.53 Å². The van der Waals surface area contributed by atoms with E-state index in [-0.39, 0.29) is 19.4 Å². The summed E-state index contributed by atoms with van der Waals surface area (Å²) < 4.78 is 17.6. The largest absolute Gasteiger partial charge is 0.464 e. The van der Waals surface area contributed by atoms with Gasteiger partial charge in [0.05, 0.1) is 18.3 Å². The number of carbonyl (C=O) groups is 3. The van der Waals surface area contributed by atoms with Gasteiger partial charge in [0.25, 0.3) is 0 Å². The van der Waals surface area contributed by atoms with Gasteiger partial charge in [-0.15, -0.1) is 0 Å². The number of amides is 1. The highest BCUT2D eigenvalue weighted by Crippen LogP contribution is 2.02. The molecule has 0 radical (unpaired) electrons. The zero-order valence-corrected chi connectivity index (χ0v) is 11.8. The second-order valence-corrected chi connectivity index (χ2v) is 3.79. The number of hydrogen-bond donors (Lipinski definition) is 2. The first-order valence-electron chi connectivity index (χ1n) is 6.55. The maximum atomic E-state index is 11.8. The van der Waals surface area contributed by atoms with Crippen molar-refractivity contribution in [2.75, 3.05) is 13.7 Å². The maximum Gasteiger partial charge on any atom is 0.372 e. The fourth-order valence-electron chi connectivity index (χ4n) is 1.18. The first kappa shape index (κ1) is 16.0. The molecule has 0 aliphatic carbocycles. The number of methoxy groups -OCH3 is 1. The molecule has 0 bridgehead atoms. The van der Waals surface area contributed by atoms with Gasteiger partial charge >= 0.3 is 12.2 Å². The summed E-state index contributed by atoms with van der Waals surface area (Å²) in [6.07, 6.45) is -0.606. The lowest BCUT2D eigenvalue weighted by atomic mass is 10.1. The number of carbonyl (C=O) groups excluding carboxylic acids is 3. The topological polar surface area (TPSA) is 120 Å². The van der Waals surface area contributed by atoms with E-state index in [9.17, 15) is 14.4 Å². The summed E-state index contributed by atoms with van der Waals surface area (Å²) in [4.78, 5) is 37.7. The predicted octanol–water partition coefficient (Wildman–Crippen LogP) is -0.272. The van der Waals surface area contributed by atoms with Crippen molar-refractivity contribution >= 4 is 23.9 Å². The molecular formula is C12H20N3O5+. The van der Waals surface area contributed by atoms with E-state index in [1.807, 2.05) is 0 Å². The second-order valence-electron chi connectivity index (χ2n) is 3.79. The van der Waals surface area contributed by atoms with Crippen LogP contribution in [0.4, 0.5) is 0 Å². The van der Waals surface area contributed by atoms with E-state index in [0.29, 0.717) is 0 Å². The zero-order chi connectivity index (χ0) is 16.5. The Labute approximate surface area is 118 Å². The zero-order valence-electron chi connectivity index (χ0n) is 12.8. The molecule has 0 aromatic rings. The molecule has 0 aromatic heterocycles. The van der Waals surface area contributed by atoms with Crippen molar-refractivity contribution in [2.45, 2.75) is 38.8 Å².